The van der Waals surface area contributed by atoms with Gasteiger partial charge < -0.3 is 10.3 Å². The first kappa shape index (κ1) is 25.7. The van der Waals surface area contributed by atoms with Gasteiger partial charge in [-0.25, -0.2) is 4.39 Å². The van der Waals surface area contributed by atoms with Crippen LogP contribution in [0.2, 0.25) is 0 Å². The number of alkyl halides is 6. The maximum Gasteiger partial charge on any atom is 0.446 e. The molecule has 184 valence electrons. The largest absolute Gasteiger partial charge is 0.446 e. The minimum Gasteiger partial charge on any atom is -0.358 e. The van der Waals surface area contributed by atoms with Crippen LogP contribution in [-0.4, -0.2) is 34.9 Å². The van der Waals surface area contributed by atoms with Crippen LogP contribution in [0.15, 0.2) is 42.6 Å². The van der Waals surface area contributed by atoms with Crippen molar-refractivity contribution in [3.05, 3.63) is 76.5 Å². The van der Waals surface area contributed by atoms with Gasteiger partial charge in [-0.1, -0.05) is 6.07 Å². The van der Waals surface area contributed by atoms with Crippen LogP contribution >= 0.6 is 0 Å². The van der Waals surface area contributed by atoms with Crippen molar-refractivity contribution in [2.75, 3.05) is 6.54 Å². The number of nitrogens with one attached hydrogen (secondary N) is 2. The molecule has 1 aliphatic rings. The highest BCUT2D eigenvalue weighted by Crippen LogP contribution is 2.30. The first-order valence-electron chi connectivity index (χ1n) is 9.92. The molecule has 2 N–H and O–H groups in total. The number of halogens is 7. The molecule has 1 aliphatic heterocycles. The molecule has 5 nitrogen and oxygen atoms in total. The van der Waals surface area contributed by atoms with E-state index >= 15 is 0 Å². The van der Waals surface area contributed by atoms with Crippen molar-refractivity contribution in [3.8, 4) is 11.3 Å². The van der Waals surface area contributed by atoms with Crippen molar-refractivity contribution in [2.24, 2.45) is 0 Å². The molecule has 0 spiro atoms. The fraction of sp³-hybridized carbons (Fsp3) is 0.174. The third kappa shape index (κ3) is 6.78. The Morgan fingerprint density at radius 2 is 1.69 bits per heavy atom. The molecule has 0 aliphatic carbocycles. The van der Waals surface area contributed by atoms with Crippen LogP contribution in [0.3, 0.4) is 0 Å². The molecule has 4 rings (SSSR count). The van der Waals surface area contributed by atoms with Crippen molar-refractivity contribution in [3.63, 3.8) is 0 Å². The summed E-state index contributed by atoms with van der Waals surface area (Å²) in [5, 5.41) is 2.78. The summed E-state index contributed by atoms with van der Waals surface area (Å²) >= 11 is 0. The van der Waals surface area contributed by atoms with Crippen LogP contribution in [0.5, 0.6) is 0 Å². The molecule has 3 heterocycles. The zero-order chi connectivity index (χ0) is 25.8. The lowest BCUT2D eigenvalue weighted by Crippen LogP contribution is -2.31. The number of carbonyl (C=O) groups is 2. The monoisotopic (exact) mass is 499 g/mol. The van der Waals surface area contributed by atoms with Crippen LogP contribution in [0, 0.1) is 5.82 Å². The number of rotatable bonds is 3. The van der Waals surface area contributed by atoms with Gasteiger partial charge in [0.25, 0.3) is 5.91 Å². The highest BCUT2D eigenvalue weighted by molar-refractivity contribution is 5.97. The van der Waals surface area contributed by atoms with E-state index in [1.54, 1.807) is 24.4 Å². The Labute approximate surface area is 193 Å². The number of benzene rings is 1. The average Bonchev–Trinajstić information content (AvgIpc) is 3.24. The smallest absolute Gasteiger partial charge is 0.358 e. The van der Waals surface area contributed by atoms with Gasteiger partial charge in [0.2, 0.25) is 6.29 Å². The van der Waals surface area contributed by atoms with Crippen molar-refractivity contribution in [1.82, 2.24) is 15.3 Å². The van der Waals surface area contributed by atoms with Crippen LogP contribution in [0.4, 0.5) is 30.7 Å². The molecule has 1 amide bonds. The summed E-state index contributed by atoms with van der Waals surface area (Å²) in [6, 6.07) is 7.66. The number of carbonyl (C=O) groups excluding carboxylic acids is 2. The summed E-state index contributed by atoms with van der Waals surface area (Å²) < 4.78 is 83.2. The number of H-pyrrole nitrogens is 1. The lowest BCUT2D eigenvalue weighted by atomic mass is 10.1. The highest BCUT2D eigenvalue weighted by atomic mass is 19.4. The van der Waals surface area contributed by atoms with E-state index in [2.05, 4.69) is 15.3 Å². The van der Waals surface area contributed by atoms with Gasteiger partial charge in [0.15, 0.2) is 0 Å². The number of fused-ring (bicyclic) bond motifs is 1. The Balaban J connectivity index is 0.000000509. The highest BCUT2D eigenvalue weighted by Gasteiger charge is 2.31. The number of aromatic amines is 1. The molecule has 0 atom stereocenters. The Morgan fingerprint density at radius 3 is 2.29 bits per heavy atom. The average molecular weight is 499 g/mol. The molecule has 3 aromatic rings. The van der Waals surface area contributed by atoms with E-state index in [1.807, 2.05) is 0 Å². The van der Waals surface area contributed by atoms with E-state index in [0.29, 0.717) is 30.3 Å². The van der Waals surface area contributed by atoms with E-state index in [9.17, 15) is 35.5 Å². The van der Waals surface area contributed by atoms with E-state index < -0.39 is 30.0 Å². The molecular weight excluding hydrogens is 483 g/mol. The van der Waals surface area contributed by atoms with Gasteiger partial charge >= 0.3 is 12.4 Å². The van der Waals surface area contributed by atoms with E-state index in [1.165, 1.54) is 12.2 Å². The summed E-state index contributed by atoms with van der Waals surface area (Å²) in [6.45, 7) is 0.578. The van der Waals surface area contributed by atoms with Gasteiger partial charge in [-0.05, 0) is 42.5 Å². The van der Waals surface area contributed by atoms with E-state index in [4.69, 9.17) is 4.79 Å². The predicted octanol–water partition coefficient (Wildman–Crippen LogP) is 5.44. The molecule has 12 heteroatoms. The summed E-state index contributed by atoms with van der Waals surface area (Å²) in [5.74, 6) is -1.09. The first-order chi connectivity index (χ1) is 16.4. The molecule has 1 aromatic carbocycles. The molecule has 0 bridgehead atoms. The molecule has 35 heavy (non-hydrogen) atoms. The lowest BCUT2D eigenvalue weighted by molar-refractivity contribution is -0.156. The number of pyridine rings is 1. The second-order valence-electron chi connectivity index (χ2n) is 7.28. The molecule has 0 unspecified atom stereocenters. The first-order valence-corrected chi connectivity index (χ1v) is 9.92. The fourth-order valence-corrected chi connectivity index (χ4v) is 3.17. The molecule has 0 fully saturated rings. The van der Waals surface area contributed by atoms with Crippen LogP contribution in [0.25, 0.3) is 23.4 Å². The second-order valence-corrected chi connectivity index (χ2v) is 7.28. The van der Waals surface area contributed by atoms with Gasteiger partial charge in [0.05, 0.1) is 16.8 Å². The minimum atomic E-state index is -4.64. The third-order valence-electron chi connectivity index (χ3n) is 4.79. The Hall–Kier alpha value is -3.96. The van der Waals surface area contributed by atoms with E-state index in [0.717, 1.165) is 29.1 Å². The SMILES string of the molecule is O=C1NCCc2[nH]c(-c3ccnc(/C=C/c4ccc(C(F)(F)F)cc4F)c3)cc21.O=CC(F)(F)F. The predicted molar refractivity (Wildman–Crippen MR) is 113 cm³/mol. The van der Waals surface area contributed by atoms with Crippen molar-refractivity contribution in [2.45, 2.75) is 18.8 Å². The number of hydrogen-bond donors (Lipinski definition) is 2. The van der Waals surface area contributed by atoms with Gasteiger partial charge in [0, 0.05) is 41.7 Å². The molecule has 0 saturated carbocycles. The summed E-state index contributed by atoms with van der Waals surface area (Å²) in [5.41, 5.74) is 2.50. The van der Waals surface area contributed by atoms with E-state index in [-0.39, 0.29) is 11.5 Å². The maximum atomic E-state index is 14.0. The topological polar surface area (TPSA) is 74.8 Å². The zero-order valence-corrected chi connectivity index (χ0v) is 17.6. The normalized spacial score (nSPS) is 13.6. The van der Waals surface area contributed by atoms with Crippen molar-refractivity contribution >= 4 is 24.3 Å². The number of aldehydes is 1. The number of nitrogens with zero attached hydrogens (tertiary/aromatic N) is 1. The third-order valence-corrected chi connectivity index (χ3v) is 4.79. The Morgan fingerprint density at radius 1 is 0.971 bits per heavy atom. The zero-order valence-electron chi connectivity index (χ0n) is 17.6. The van der Waals surface area contributed by atoms with Crippen molar-refractivity contribution in [1.29, 1.82) is 0 Å². The number of hydrogen-bond acceptors (Lipinski definition) is 3. The summed E-state index contributed by atoms with van der Waals surface area (Å²) in [6.07, 6.45) is -5.12. The Kier molecular flexibility index (Phi) is 7.42. The summed E-state index contributed by atoms with van der Waals surface area (Å²) in [4.78, 5) is 28.0. The number of aromatic nitrogens is 2. The number of amides is 1. The van der Waals surface area contributed by atoms with Crippen LogP contribution in [-0.2, 0) is 17.4 Å². The second kappa shape index (κ2) is 10.1. The molecule has 0 saturated heterocycles. The van der Waals surface area contributed by atoms with Gasteiger partial charge in [-0.3, -0.25) is 14.6 Å². The maximum absolute atomic E-state index is 14.0. The van der Waals surface area contributed by atoms with Gasteiger partial charge in [-0.15, -0.1) is 0 Å². The van der Waals surface area contributed by atoms with Gasteiger partial charge in [-0.2, -0.15) is 26.3 Å². The summed E-state index contributed by atoms with van der Waals surface area (Å²) in [7, 11) is 0. The van der Waals surface area contributed by atoms with Crippen molar-refractivity contribution < 1.29 is 40.3 Å². The molecule has 2 aromatic heterocycles. The van der Waals surface area contributed by atoms with Gasteiger partial charge in [0.1, 0.15) is 5.82 Å². The lowest BCUT2D eigenvalue weighted by Gasteiger charge is -2.10. The minimum absolute atomic E-state index is 0.0252. The molecular formula is C23H16F7N3O2. The fourth-order valence-electron chi connectivity index (χ4n) is 3.17. The van der Waals surface area contributed by atoms with Crippen LogP contribution in [0.1, 0.15) is 32.9 Å². The quantitative estimate of drug-likeness (QED) is 0.373. The Bertz CT molecular complexity index is 1260. The standard InChI is InChI=1S/C21H15F4N3O.C2HF3O/c22-17-10-14(21(23,24)25)3-1-12(17)2-4-15-9-13(5-7-26-15)19-11-16-18(28-19)6-8-27-20(16)29;3-2(4,5)1-6/h1-5,7,9-11,28H,6,8H2,(H,27,29);1H/b4-2+;. The van der Waals surface area contributed by atoms with Crippen LogP contribution < -0.4 is 5.32 Å². The molecule has 0 radical (unpaired) electrons.